The van der Waals surface area contributed by atoms with Crippen molar-refractivity contribution in [2.75, 3.05) is 24.2 Å². The largest absolute Gasteiger partial charge is 0.490 e. The zero-order valence-electron chi connectivity index (χ0n) is 12.1. The summed E-state index contributed by atoms with van der Waals surface area (Å²) in [5, 5.41) is 3.21. The molecule has 3 N–H and O–H groups in total. The number of nitrogens with zero attached hydrogens (tertiary/aromatic N) is 1. The minimum Gasteiger partial charge on any atom is -0.490 e. The molecule has 1 aromatic carbocycles. The van der Waals surface area contributed by atoms with E-state index in [0.29, 0.717) is 24.5 Å². The van der Waals surface area contributed by atoms with Crippen LogP contribution < -0.4 is 15.8 Å². The van der Waals surface area contributed by atoms with Crippen molar-refractivity contribution in [1.82, 2.24) is 4.98 Å². The first kappa shape index (κ1) is 15.1. The SMILES string of the molecule is CCCOc1cc(NCCc2cccnc2)c(N)cc1F. The maximum atomic E-state index is 13.7. The quantitative estimate of drug-likeness (QED) is 0.768. The first-order valence-electron chi connectivity index (χ1n) is 7.05. The number of halogens is 1. The summed E-state index contributed by atoms with van der Waals surface area (Å²) in [7, 11) is 0. The number of nitrogens with two attached hydrogens (primary N) is 1. The Morgan fingerprint density at radius 2 is 2.24 bits per heavy atom. The summed E-state index contributed by atoms with van der Waals surface area (Å²) in [5.41, 5.74) is 8.02. The van der Waals surface area contributed by atoms with E-state index in [-0.39, 0.29) is 5.75 Å². The number of benzene rings is 1. The molecule has 112 valence electrons. The van der Waals surface area contributed by atoms with Gasteiger partial charge in [-0.3, -0.25) is 4.98 Å². The fourth-order valence-electron chi connectivity index (χ4n) is 1.93. The topological polar surface area (TPSA) is 60.2 Å². The van der Waals surface area contributed by atoms with Crippen LogP contribution in [0.5, 0.6) is 5.75 Å². The molecule has 2 aromatic rings. The number of hydrogen-bond donors (Lipinski definition) is 2. The van der Waals surface area contributed by atoms with Crippen molar-refractivity contribution in [3.63, 3.8) is 0 Å². The molecule has 0 unspecified atom stereocenters. The Kier molecular flexibility index (Phi) is 5.37. The van der Waals surface area contributed by atoms with Crippen molar-refractivity contribution in [3.05, 3.63) is 48.0 Å². The van der Waals surface area contributed by atoms with Gasteiger partial charge in [-0.2, -0.15) is 0 Å². The van der Waals surface area contributed by atoms with Gasteiger partial charge >= 0.3 is 0 Å². The predicted octanol–water partition coefficient (Wildman–Crippen LogP) is 3.25. The Hall–Kier alpha value is -2.30. The third-order valence-electron chi connectivity index (χ3n) is 3.02. The Balaban J connectivity index is 1.98. The molecule has 5 heteroatoms. The number of nitrogens with one attached hydrogen (secondary N) is 1. The van der Waals surface area contributed by atoms with Crippen molar-refractivity contribution in [1.29, 1.82) is 0 Å². The van der Waals surface area contributed by atoms with Crippen LogP contribution in [-0.4, -0.2) is 18.1 Å². The fraction of sp³-hybridized carbons (Fsp3) is 0.312. The van der Waals surface area contributed by atoms with Crippen LogP contribution >= 0.6 is 0 Å². The average Bonchev–Trinajstić information content (AvgIpc) is 2.49. The molecule has 4 nitrogen and oxygen atoms in total. The number of rotatable bonds is 7. The first-order chi connectivity index (χ1) is 10.2. The Bertz CT molecular complexity index is 575. The van der Waals surface area contributed by atoms with E-state index >= 15 is 0 Å². The summed E-state index contributed by atoms with van der Waals surface area (Å²) in [6, 6.07) is 6.82. The molecule has 0 amide bonds. The van der Waals surface area contributed by atoms with Gasteiger partial charge in [0, 0.05) is 31.1 Å². The van der Waals surface area contributed by atoms with Crippen LogP contribution in [0.15, 0.2) is 36.7 Å². The van der Waals surface area contributed by atoms with E-state index in [4.69, 9.17) is 10.5 Å². The zero-order valence-corrected chi connectivity index (χ0v) is 12.1. The molecule has 0 saturated heterocycles. The second-order valence-electron chi connectivity index (χ2n) is 4.76. The van der Waals surface area contributed by atoms with E-state index in [9.17, 15) is 4.39 Å². The summed E-state index contributed by atoms with van der Waals surface area (Å²) in [6.45, 7) is 3.15. The molecule has 0 bridgehead atoms. The van der Waals surface area contributed by atoms with Crippen LogP contribution in [0.3, 0.4) is 0 Å². The minimum absolute atomic E-state index is 0.231. The second kappa shape index (κ2) is 7.47. The maximum absolute atomic E-state index is 13.7. The van der Waals surface area contributed by atoms with Gasteiger partial charge in [-0.25, -0.2) is 4.39 Å². The highest BCUT2D eigenvalue weighted by Crippen LogP contribution is 2.28. The smallest absolute Gasteiger partial charge is 0.167 e. The molecule has 0 aliphatic carbocycles. The summed E-state index contributed by atoms with van der Waals surface area (Å²) >= 11 is 0. The zero-order chi connectivity index (χ0) is 15.1. The predicted molar refractivity (Wildman–Crippen MR) is 83.0 cm³/mol. The van der Waals surface area contributed by atoms with Gasteiger partial charge in [-0.1, -0.05) is 13.0 Å². The average molecular weight is 289 g/mol. The van der Waals surface area contributed by atoms with Crippen LogP contribution in [0.2, 0.25) is 0 Å². The molecule has 1 heterocycles. The lowest BCUT2D eigenvalue weighted by Crippen LogP contribution is -2.08. The second-order valence-corrected chi connectivity index (χ2v) is 4.76. The number of ether oxygens (including phenoxy) is 1. The van der Waals surface area contributed by atoms with Gasteiger partial charge in [0.15, 0.2) is 11.6 Å². The lowest BCUT2D eigenvalue weighted by Gasteiger charge is -2.13. The summed E-state index contributed by atoms with van der Waals surface area (Å²) < 4.78 is 19.1. The highest BCUT2D eigenvalue weighted by atomic mass is 19.1. The standard InChI is InChI=1S/C16H20FN3O/c1-2-8-21-16-10-15(14(18)9-13(16)17)20-7-5-12-4-3-6-19-11-12/h3-4,6,9-11,20H,2,5,7-8,18H2,1H3. The molecule has 0 aliphatic heterocycles. The van der Waals surface area contributed by atoms with Crippen molar-refractivity contribution in [2.45, 2.75) is 19.8 Å². The molecule has 0 atom stereocenters. The molecule has 0 aliphatic rings. The normalized spacial score (nSPS) is 10.4. The first-order valence-corrected chi connectivity index (χ1v) is 7.05. The van der Waals surface area contributed by atoms with E-state index < -0.39 is 5.82 Å². The molecule has 21 heavy (non-hydrogen) atoms. The van der Waals surface area contributed by atoms with E-state index in [0.717, 1.165) is 18.4 Å². The molecular weight excluding hydrogens is 269 g/mol. The van der Waals surface area contributed by atoms with Crippen molar-refractivity contribution >= 4 is 11.4 Å². The van der Waals surface area contributed by atoms with Crippen molar-refractivity contribution in [2.24, 2.45) is 0 Å². The van der Waals surface area contributed by atoms with Gasteiger partial charge in [-0.05, 0) is 24.5 Å². The van der Waals surface area contributed by atoms with Crippen LogP contribution in [0.4, 0.5) is 15.8 Å². The highest BCUT2D eigenvalue weighted by Gasteiger charge is 2.08. The van der Waals surface area contributed by atoms with Crippen molar-refractivity contribution < 1.29 is 9.13 Å². The maximum Gasteiger partial charge on any atom is 0.167 e. The van der Waals surface area contributed by atoms with Gasteiger partial charge < -0.3 is 15.8 Å². The van der Waals surface area contributed by atoms with Gasteiger partial charge in [0.1, 0.15) is 0 Å². The van der Waals surface area contributed by atoms with E-state index in [1.54, 1.807) is 12.3 Å². The summed E-state index contributed by atoms with van der Waals surface area (Å²) in [6.07, 6.45) is 5.21. The van der Waals surface area contributed by atoms with Crippen molar-refractivity contribution in [3.8, 4) is 5.75 Å². The van der Waals surface area contributed by atoms with Crippen LogP contribution in [0.1, 0.15) is 18.9 Å². The Labute approximate surface area is 124 Å². The van der Waals surface area contributed by atoms with E-state index in [2.05, 4.69) is 10.3 Å². The number of nitrogen functional groups attached to an aromatic ring is 1. The molecular formula is C16H20FN3O. The lowest BCUT2D eigenvalue weighted by molar-refractivity contribution is 0.301. The monoisotopic (exact) mass is 289 g/mol. The fourth-order valence-corrected chi connectivity index (χ4v) is 1.93. The lowest BCUT2D eigenvalue weighted by atomic mass is 10.2. The minimum atomic E-state index is -0.432. The molecule has 0 fully saturated rings. The summed E-state index contributed by atoms with van der Waals surface area (Å²) in [5.74, 6) is -0.200. The van der Waals surface area contributed by atoms with Crippen LogP contribution in [0, 0.1) is 5.82 Å². The highest BCUT2D eigenvalue weighted by molar-refractivity contribution is 5.68. The van der Waals surface area contributed by atoms with Crippen LogP contribution in [0.25, 0.3) is 0 Å². The Morgan fingerprint density at radius 1 is 1.38 bits per heavy atom. The number of hydrogen-bond acceptors (Lipinski definition) is 4. The van der Waals surface area contributed by atoms with E-state index in [1.807, 2.05) is 25.3 Å². The van der Waals surface area contributed by atoms with E-state index in [1.165, 1.54) is 6.07 Å². The molecule has 1 aromatic heterocycles. The molecule has 0 radical (unpaired) electrons. The Morgan fingerprint density at radius 3 is 2.95 bits per heavy atom. The van der Waals surface area contributed by atoms with Gasteiger partial charge in [0.05, 0.1) is 18.0 Å². The molecule has 0 saturated carbocycles. The van der Waals surface area contributed by atoms with Gasteiger partial charge in [0.25, 0.3) is 0 Å². The number of aromatic nitrogens is 1. The summed E-state index contributed by atoms with van der Waals surface area (Å²) in [4.78, 5) is 4.07. The number of anilines is 2. The van der Waals surface area contributed by atoms with Gasteiger partial charge in [-0.15, -0.1) is 0 Å². The number of pyridine rings is 1. The molecule has 2 rings (SSSR count). The molecule has 0 spiro atoms. The third kappa shape index (κ3) is 4.34. The third-order valence-corrected chi connectivity index (χ3v) is 3.02. The van der Waals surface area contributed by atoms with Crippen LogP contribution in [-0.2, 0) is 6.42 Å². The van der Waals surface area contributed by atoms with Gasteiger partial charge in [0.2, 0.25) is 0 Å².